The minimum absolute atomic E-state index is 0.00840. The second-order valence-electron chi connectivity index (χ2n) is 4.27. The van der Waals surface area contributed by atoms with Crippen LogP contribution in [0.2, 0.25) is 0 Å². The Labute approximate surface area is 106 Å². The van der Waals surface area contributed by atoms with Crippen LogP contribution < -0.4 is 10.1 Å². The summed E-state index contributed by atoms with van der Waals surface area (Å²) in [6.45, 7) is 4.07. The molecule has 1 aromatic heterocycles. The van der Waals surface area contributed by atoms with E-state index in [-0.39, 0.29) is 12.1 Å². The van der Waals surface area contributed by atoms with Crippen LogP contribution in [0, 0.1) is 0 Å². The van der Waals surface area contributed by atoms with Crippen LogP contribution in [0.1, 0.15) is 19.8 Å². The largest absolute Gasteiger partial charge is 0.471 e. The van der Waals surface area contributed by atoms with Crippen molar-refractivity contribution in [2.45, 2.75) is 25.9 Å². The third-order valence-electron chi connectivity index (χ3n) is 2.79. The minimum Gasteiger partial charge on any atom is -0.471 e. The predicted octanol–water partition coefficient (Wildman–Crippen LogP) is 1.05. The Morgan fingerprint density at radius 2 is 2.56 bits per heavy atom. The Balaban J connectivity index is 1.80. The van der Waals surface area contributed by atoms with Crippen molar-refractivity contribution in [3.05, 3.63) is 18.3 Å². The van der Waals surface area contributed by atoms with E-state index in [1.54, 1.807) is 23.2 Å². The summed E-state index contributed by atoms with van der Waals surface area (Å²) in [5.41, 5.74) is 0. The number of rotatable bonds is 4. The molecular weight excluding hydrogens is 232 g/mol. The molecule has 6 heteroatoms. The van der Waals surface area contributed by atoms with Gasteiger partial charge in [-0.2, -0.15) is 5.10 Å². The number of carbonyl (C=O) groups is 1. The Kier molecular flexibility index (Phi) is 4.33. The molecule has 0 aliphatic carbocycles. The van der Waals surface area contributed by atoms with Crippen LogP contribution in [0.3, 0.4) is 0 Å². The van der Waals surface area contributed by atoms with Gasteiger partial charge in [0, 0.05) is 31.8 Å². The number of aromatic nitrogens is 2. The Bertz CT molecular complexity index is 385. The third-order valence-corrected chi connectivity index (χ3v) is 2.79. The molecule has 6 nitrogen and oxygen atoms in total. The van der Waals surface area contributed by atoms with Crippen molar-refractivity contribution in [1.29, 1.82) is 0 Å². The van der Waals surface area contributed by atoms with E-state index in [2.05, 4.69) is 15.5 Å². The summed E-state index contributed by atoms with van der Waals surface area (Å²) in [6, 6.07) is 3.54. The maximum atomic E-state index is 11.7. The van der Waals surface area contributed by atoms with Gasteiger partial charge in [0.2, 0.25) is 5.88 Å². The molecule has 1 saturated heterocycles. The van der Waals surface area contributed by atoms with Crippen LogP contribution in [0.5, 0.6) is 5.88 Å². The van der Waals surface area contributed by atoms with Crippen molar-refractivity contribution >= 4 is 6.03 Å². The van der Waals surface area contributed by atoms with Gasteiger partial charge in [0.15, 0.2) is 0 Å². The van der Waals surface area contributed by atoms with E-state index in [0.29, 0.717) is 19.0 Å². The maximum Gasteiger partial charge on any atom is 0.317 e. The molecule has 1 aromatic rings. The van der Waals surface area contributed by atoms with Gasteiger partial charge in [-0.25, -0.2) is 4.79 Å². The highest BCUT2D eigenvalue weighted by atomic mass is 16.5. The zero-order valence-corrected chi connectivity index (χ0v) is 10.5. The summed E-state index contributed by atoms with van der Waals surface area (Å²) < 4.78 is 5.66. The van der Waals surface area contributed by atoms with Crippen molar-refractivity contribution in [2.75, 3.05) is 19.6 Å². The number of nitrogens with zero attached hydrogens (tertiary/aromatic N) is 3. The molecule has 1 unspecified atom stereocenters. The van der Waals surface area contributed by atoms with Gasteiger partial charge >= 0.3 is 6.03 Å². The summed E-state index contributed by atoms with van der Waals surface area (Å²) in [6.07, 6.45) is 3.38. The van der Waals surface area contributed by atoms with Gasteiger partial charge in [-0.15, -0.1) is 5.10 Å². The number of hydrogen-bond acceptors (Lipinski definition) is 4. The second-order valence-corrected chi connectivity index (χ2v) is 4.27. The molecule has 1 atom stereocenters. The molecule has 18 heavy (non-hydrogen) atoms. The molecule has 1 N–H and O–H groups in total. The lowest BCUT2D eigenvalue weighted by molar-refractivity contribution is 0.182. The lowest BCUT2D eigenvalue weighted by Crippen LogP contribution is -2.39. The maximum absolute atomic E-state index is 11.7. The number of likely N-dealkylation sites (tertiary alicyclic amines) is 1. The molecule has 0 radical (unpaired) electrons. The van der Waals surface area contributed by atoms with Crippen LogP contribution in [-0.2, 0) is 0 Å². The average molecular weight is 250 g/mol. The molecule has 1 fully saturated rings. The van der Waals surface area contributed by atoms with Crippen molar-refractivity contribution in [2.24, 2.45) is 0 Å². The first-order valence-electron chi connectivity index (χ1n) is 6.26. The Morgan fingerprint density at radius 3 is 3.28 bits per heavy atom. The third kappa shape index (κ3) is 3.32. The Hall–Kier alpha value is -1.85. The van der Waals surface area contributed by atoms with Crippen molar-refractivity contribution in [1.82, 2.24) is 20.4 Å². The lowest BCUT2D eigenvalue weighted by atomic mass is 10.3. The molecule has 1 aliphatic heterocycles. The van der Waals surface area contributed by atoms with Gasteiger partial charge in [0.05, 0.1) is 6.54 Å². The first-order chi connectivity index (χ1) is 8.79. The highest BCUT2D eigenvalue weighted by Gasteiger charge is 2.27. The normalized spacial score (nSPS) is 18.7. The number of amides is 2. The van der Waals surface area contributed by atoms with E-state index in [4.69, 9.17) is 4.74 Å². The van der Waals surface area contributed by atoms with E-state index < -0.39 is 0 Å². The predicted molar refractivity (Wildman–Crippen MR) is 66.3 cm³/mol. The zero-order valence-electron chi connectivity index (χ0n) is 10.5. The van der Waals surface area contributed by atoms with Crippen molar-refractivity contribution in [3.63, 3.8) is 0 Å². The monoisotopic (exact) mass is 250 g/mol. The smallest absolute Gasteiger partial charge is 0.317 e. The molecule has 0 spiro atoms. The number of carbonyl (C=O) groups excluding carboxylic acids is 1. The first-order valence-corrected chi connectivity index (χ1v) is 6.26. The molecule has 2 heterocycles. The molecule has 0 aromatic carbocycles. The highest BCUT2D eigenvalue weighted by molar-refractivity contribution is 5.74. The summed E-state index contributed by atoms with van der Waals surface area (Å²) in [4.78, 5) is 13.5. The van der Waals surface area contributed by atoms with Gasteiger partial charge in [-0.05, 0) is 12.5 Å². The van der Waals surface area contributed by atoms with Crippen LogP contribution in [0.4, 0.5) is 4.79 Å². The number of hydrogen-bond donors (Lipinski definition) is 1. The standard InChI is InChI=1S/C12H18N4O2/c1-2-6-13-12(17)16-8-5-10(9-16)18-11-4-3-7-14-15-11/h3-4,7,10H,2,5-6,8-9H2,1H3,(H,13,17). The summed E-state index contributed by atoms with van der Waals surface area (Å²) >= 11 is 0. The number of urea groups is 1. The molecule has 0 saturated carbocycles. The van der Waals surface area contributed by atoms with Gasteiger partial charge in [0.25, 0.3) is 0 Å². The first kappa shape index (κ1) is 12.6. The van der Waals surface area contributed by atoms with E-state index >= 15 is 0 Å². The fourth-order valence-corrected chi connectivity index (χ4v) is 1.87. The average Bonchev–Trinajstić information content (AvgIpc) is 2.86. The highest BCUT2D eigenvalue weighted by Crippen LogP contribution is 2.15. The molecule has 2 rings (SSSR count). The Morgan fingerprint density at radius 1 is 1.67 bits per heavy atom. The fourth-order valence-electron chi connectivity index (χ4n) is 1.87. The second kappa shape index (κ2) is 6.18. The fraction of sp³-hybridized carbons (Fsp3) is 0.583. The van der Waals surface area contributed by atoms with Crippen LogP contribution in [0.25, 0.3) is 0 Å². The van der Waals surface area contributed by atoms with Gasteiger partial charge in [0.1, 0.15) is 6.10 Å². The number of nitrogens with one attached hydrogen (secondary N) is 1. The minimum atomic E-state index is -0.0119. The van der Waals surface area contributed by atoms with E-state index in [1.807, 2.05) is 6.92 Å². The lowest BCUT2D eigenvalue weighted by Gasteiger charge is -2.17. The molecule has 1 aliphatic rings. The van der Waals surface area contributed by atoms with E-state index in [0.717, 1.165) is 19.4 Å². The van der Waals surface area contributed by atoms with E-state index in [1.165, 1.54) is 0 Å². The van der Waals surface area contributed by atoms with E-state index in [9.17, 15) is 4.79 Å². The summed E-state index contributed by atoms with van der Waals surface area (Å²) in [5, 5.41) is 10.5. The zero-order chi connectivity index (χ0) is 12.8. The molecule has 98 valence electrons. The summed E-state index contributed by atoms with van der Waals surface area (Å²) in [7, 11) is 0. The number of ether oxygens (including phenoxy) is 1. The van der Waals surface area contributed by atoms with Crippen molar-refractivity contribution < 1.29 is 9.53 Å². The molecular formula is C12H18N4O2. The topological polar surface area (TPSA) is 67.4 Å². The van der Waals surface area contributed by atoms with Crippen LogP contribution >= 0.6 is 0 Å². The van der Waals surface area contributed by atoms with Crippen LogP contribution in [0.15, 0.2) is 18.3 Å². The molecule has 2 amide bonds. The van der Waals surface area contributed by atoms with Gasteiger partial charge < -0.3 is 15.0 Å². The van der Waals surface area contributed by atoms with Gasteiger partial charge in [-0.1, -0.05) is 6.92 Å². The molecule has 0 bridgehead atoms. The summed E-state index contributed by atoms with van der Waals surface area (Å²) in [5.74, 6) is 0.512. The SMILES string of the molecule is CCCNC(=O)N1CCC(Oc2cccnn2)C1. The quantitative estimate of drug-likeness (QED) is 0.867. The van der Waals surface area contributed by atoms with Crippen molar-refractivity contribution in [3.8, 4) is 5.88 Å². The van der Waals surface area contributed by atoms with Gasteiger partial charge in [-0.3, -0.25) is 0 Å². The van der Waals surface area contributed by atoms with Crippen LogP contribution in [-0.4, -0.2) is 46.9 Å².